The number of hydrogen-bond acceptors (Lipinski definition) is 3. The molecule has 3 nitrogen and oxygen atoms in total. The Morgan fingerprint density at radius 2 is 2.10 bits per heavy atom. The third-order valence-electron chi connectivity index (χ3n) is 0.910. The van der Waals surface area contributed by atoms with Gasteiger partial charge in [0.05, 0.1) is 12.9 Å². The second kappa shape index (κ2) is 8.46. The second-order valence-electron chi connectivity index (χ2n) is 1.73. The molecular weight excluding hydrogens is 132 g/mol. The first-order valence-electron chi connectivity index (χ1n) is 3.33. The molecule has 0 unspecified atom stereocenters. The van der Waals surface area contributed by atoms with E-state index in [2.05, 4.69) is 6.58 Å². The van der Waals surface area contributed by atoms with Crippen LogP contribution in [0.3, 0.4) is 0 Å². The fourth-order valence-corrected chi connectivity index (χ4v) is 0.459. The summed E-state index contributed by atoms with van der Waals surface area (Å²) >= 11 is 0. The second-order valence-corrected chi connectivity index (χ2v) is 1.73. The summed E-state index contributed by atoms with van der Waals surface area (Å²) in [6.45, 7) is 5.25. The predicted octanol–water partition coefficient (Wildman–Crippen LogP) is 0.545. The summed E-state index contributed by atoms with van der Waals surface area (Å²) in [6, 6.07) is 0. The van der Waals surface area contributed by atoms with E-state index >= 15 is 0 Å². The van der Waals surface area contributed by atoms with Crippen molar-refractivity contribution in [2.75, 3.05) is 26.4 Å². The van der Waals surface area contributed by atoms with E-state index in [1.54, 1.807) is 0 Å². The van der Waals surface area contributed by atoms with E-state index in [9.17, 15) is 0 Å². The average Bonchev–Trinajstić information content (AvgIpc) is 1.97. The molecule has 0 amide bonds. The summed E-state index contributed by atoms with van der Waals surface area (Å²) in [5, 5.41) is 8.34. The minimum absolute atomic E-state index is 0.183. The first-order chi connectivity index (χ1) is 4.91. The number of hydrogen-bond donors (Lipinski definition) is 1. The van der Waals surface area contributed by atoms with Gasteiger partial charge in [0.1, 0.15) is 6.61 Å². The molecule has 0 aromatic carbocycles. The lowest BCUT2D eigenvalue weighted by molar-refractivity contribution is 0.0756. The lowest BCUT2D eigenvalue weighted by atomic mass is 10.5. The molecule has 0 saturated carbocycles. The van der Waals surface area contributed by atoms with Gasteiger partial charge in [-0.3, -0.25) is 0 Å². The summed E-state index contributed by atoms with van der Waals surface area (Å²) in [4.78, 5) is 0. The van der Waals surface area contributed by atoms with Crippen LogP contribution in [0.25, 0.3) is 0 Å². The van der Waals surface area contributed by atoms with E-state index < -0.39 is 0 Å². The Bertz CT molecular complexity index is 73.3. The third-order valence-corrected chi connectivity index (χ3v) is 0.910. The van der Waals surface area contributed by atoms with Gasteiger partial charge >= 0.3 is 0 Å². The van der Waals surface area contributed by atoms with E-state index in [1.807, 2.05) is 0 Å². The van der Waals surface area contributed by atoms with Crippen molar-refractivity contribution in [1.29, 1.82) is 0 Å². The zero-order chi connectivity index (χ0) is 7.66. The summed E-state index contributed by atoms with van der Waals surface area (Å²) in [5.74, 6) is 0. The van der Waals surface area contributed by atoms with Crippen molar-refractivity contribution in [3.8, 4) is 0 Å². The topological polar surface area (TPSA) is 38.7 Å². The van der Waals surface area contributed by atoms with Crippen molar-refractivity contribution in [2.24, 2.45) is 0 Å². The molecule has 0 rings (SSSR count). The van der Waals surface area contributed by atoms with E-state index in [0.717, 1.165) is 0 Å². The Morgan fingerprint density at radius 1 is 1.30 bits per heavy atom. The number of rotatable bonds is 7. The predicted molar refractivity (Wildman–Crippen MR) is 38.7 cm³/mol. The Balaban J connectivity index is 2.70. The van der Waals surface area contributed by atoms with Crippen LogP contribution in [0, 0.1) is 0 Å². The van der Waals surface area contributed by atoms with Crippen molar-refractivity contribution in [3.63, 3.8) is 0 Å². The molecule has 0 aliphatic carbocycles. The fourth-order valence-electron chi connectivity index (χ4n) is 0.459. The summed E-state index contributed by atoms with van der Waals surface area (Å²) in [7, 11) is 0. The molecule has 0 aliphatic heterocycles. The van der Waals surface area contributed by atoms with Gasteiger partial charge in [-0.25, -0.2) is 0 Å². The molecule has 3 heteroatoms. The van der Waals surface area contributed by atoms with Gasteiger partial charge < -0.3 is 14.6 Å². The molecule has 0 aromatic heterocycles. The lowest BCUT2D eigenvalue weighted by Gasteiger charge is -2.01. The highest BCUT2D eigenvalue weighted by molar-refractivity contribution is 4.47. The molecule has 0 atom stereocenters. The molecule has 0 heterocycles. The standard InChI is InChI=1S/C7H14O3/c1-2-9-6-7-10-5-3-4-8/h2,8H,1,3-7H2. The summed E-state index contributed by atoms with van der Waals surface area (Å²) < 4.78 is 9.83. The van der Waals surface area contributed by atoms with Gasteiger partial charge in [0.15, 0.2) is 0 Å². The highest BCUT2D eigenvalue weighted by atomic mass is 16.5. The van der Waals surface area contributed by atoms with Gasteiger partial charge in [-0.2, -0.15) is 0 Å². The van der Waals surface area contributed by atoms with Crippen LogP contribution in [-0.2, 0) is 9.47 Å². The maximum Gasteiger partial charge on any atom is 0.111 e. The van der Waals surface area contributed by atoms with Crippen LogP contribution < -0.4 is 0 Å². The Kier molecular flexibility index (Phi) is 8.00. The van der Waals surface area contributed by atoms with Gasteiger partial charge in [0.25, 0.3) is 0 Å². The minimum atomic E-state index is 0.183. The quantitative estimate of drug-likeness (QED) is 0.421. The minimum Gasteiger partial charge on any atom is -0.499 e. The van der Waals surface area contributed by atoms with Crippen LogP contribution in [0.15, 0.2) is 12.8 Å². The van der Waals surface area contributed by atoms with Crippen molar-refractivity contribution >= 4 is 0 Å². The highest BCUT2D eigenvalue weighted by Crippen LogP contribution is 1.81. The number of aliphatic hydroxyl groups is 1. The molecule has 0 aromatic rings. The van der Waals surface area contributed by atoms with Crippen molar-refractivity contribution in [1.82, 2.24) is 0 Å². The summed E-state index contributed by atoms with van der Waals surface area (Å²) in [6.07, 6.45) is 2.07. The molecule has 0 spiro atoms. The van der Waals surface area contributed by atoms with Gasteiger partial charge in [-0.1, -0.05) is 6.58 Å². The van der Waals surface area contributed by atoms with E-state index in [-0.39, 0.29) is 6.61 Å². The van der Waals surface area contributed by atoms with Crippen molar-refractivity contribution in [2.45, 2.75) is 6.42 Å². The van der Waals surface area contributed by atoms with Gasteiger partial charge in [-0.15, -0.1) is 0 Å². The van der Waals surface area contributed by atoms with E-state index in [1.165, 1.54) is 6.26 Å². The van der Waals surface area contributed by atoms with Crippen LogP contribution >= 0.6 is 0 Å². The molecule has 0 radical (unpaired) electrons. The monoisotopic (exact) mass is 146 g/mol. The zero-order valence-corrected chi connectivity index (χ0v) is 6.08. The maximum absolute atomic E-state index is 8.34. The van der Waals surface area contributed by atoms with E-state index in [4.69, 9.17) is 14.6 Å². The highest BCUT2D eigenvalue weighted by Gasteiger charge is 1.85. The Morgan fingerprint density at radius 3 is 2.70 bits per heavy atom. The van der Waals surface area contributed by atoms with Crippen LogP contribution in [0.5, 0.6) is 0 Å². The average molecular weight is 146 g/mol. The smallest absolute Gasteiger partial charge is 0.111 e. The summed E-state index contributed by atoms with van der Waals surface area (Å²) in [5.41, 5.74) is 0. The third kappa shape index (κ3) is 7.46. The maximum atomic E-state index is 8.34. The molecule has 0 saturated heterocycles. The van der Waals surface area contributed by atoms with E-state index in [0.29, 0.717) is 26.2 Å². The Labute approximate surface area is 61.3 Å². The number of ether oxygens (including phenoxy) is 2. The van der Waals surface area contributed by atoms with Crippen LogP contribution in [0.2, 0.25) is 0 Å². The molecule has 0 fully saturated rings. The lowest BCUT2D eigenvalue weighted by Crippen LogP contribution is -2.03. The van der Waals surface area contributed by atoms with Gasteiger partial charge in [-0.05, 0) is 6.42 Å². The first-order valence-corrected chi connectivity index (χ1v) is 3.33. The molecule has 1 N–H and O–H groups in total. The SMILES string of the molecule is C=COCCOCCCO. The molecule has 10 heavy (non-hydrogen) atoms. The van der Waals surface area contributed by atoms with Crippen LogP contribution in [-0.4, -0.2) is 31.5 Å². The molecule has 0 aliphatic rings. The van der Waals surface area contributed by atoms with Crippen molar-refractivity contribution < 1.29 is 14.6 Å². The first kappa shape index (κ1) is 9.46. The molecular formula is C7H14O3. The van der Waals surface area contributed by atoms with Crippen molar-refractivity contribution in [3.05, 3.63) is 12.8 Å². The fraction of sp³-hybridized carbons (Fsp3) is 0.714. The van der Waals surface area contributed by atoms with Crippen LogP contribution in [0.4, 0.5) is 0 Å². The molecule has 60 valence electrons. The number of aliphatic hydroxyl groups excluding tert-OH is 1. The normalized spacial score (nSPS) is 9.30. The van der Waals surface area contributed by atoms with Gasteiger partial charge in [0.2, 0.25) is 0 Å². The molecule has 0 bridgehead atoms. The zero-order valence-electron chi connectivity index (χ0n) is 6.08. The Hall–Kier alpha value is -0.540. The largest absolute Gasteiger partial charge is 0.499 e. The van der Waals surface area contributed by atoms with Gasteiger partial charge in [0, 0.05) is 13.2 Å². The van der Waals surface area contributed by atoms with Crippen LogP contribution in [0.1, 0.15) is 6.42 Å².